The van der Waals surface area contributed by atoms with Gasteiger partial charge in [-0.25, -0.2) is 4.79 Å². The van der Waals surface area contributed by atoms with Crippen LogP contribution in [-0.2, 0) is 0 Å². The summed E-state index contributed by atoms with van der Waals surface area (Å²) in [5, 5.41) is 18.2. The van der Waals surface area contributed by atoms with Gasteiger partial charge in [-0.05, 0) is 12.1 Å². The lowest BCUT2D eigenvalue weighted by molar-refractivity contribution is 0.0696. The van der Waals surface area contributed by atoms with Crippen molar-refractivity contribution in [3.63, 3.8) is 0 Å². The van der Waals surface area contributed by atoms with Crippen LogP contribution in [0.5, 0.6) is 11.5 Å². The summed E-state index contributed by atoms with van der Waals surface area (Å²) in [5.74, 6) is -1.06. The van der Waals surface area contributed by atoms with E-state index in [1.54, 1.807) is 0 Å². The Kier molecular flexibility index (Phi) is 2.76. The lowest BCUT2D eigenvalue weighted by Crippen LogP contribution is -2.01. The molecule has 0 radical (unpaired) electrons. The van der Waals surface area contributed by atoms with Crippen LogP contribution in [0.25, 0.3) is 6.08 Å². The van der Waals surface area contributed by atoms with Gasteiger partial charge in [0.25, 0.3) is 0 Å². The number of benzene rings is 1. The molecule has 1 aromatic rings. The van der Waals surface area contributed by atoms with Gasteiger partial charge in [-0.2, -0.15) is 0 Å². The summed E-state index contributed by atoms with van der Waals surface area (Å²) < 4.78 is 4.87. The van der Waals surface area contributed by atoms with Crippen LogP contribution in [0.1, 0.15) is 15.9 Å². The molecule has 1 aromatic carbocycles. The highest BCUT2D eigenvalue weighted by Gasteiger charge is 2.15. The van der Waals surface area contributed by atoms with Gasteiger partial charge < -0.3 is 14.9 Å². The molecule has 14 heavy (non-hydrogen) atoms. The van der Waals surface area contributed by atoms with Crippen LogP contribution < -0.4 is 4.74 Å². The zero-order valence-electron chi connectivity index (χ0n) is 7.65. The summed E-state index contributed by atoms with van der Waals surface area (Å²) in [6.07, 6.45) is 1.34. The first kappa shape index (κ1) is 10.1. The summed E-state index contributed by atoms with van der Waals surface area (Å²) in [5.41, 5.74) is 0.328. The van der Waals surface area contributed by atoms with Crippen molar-refractivity contribution in [2.45, 2.75) is 0 Å². The zero-order valence-corrected chi connectivity index (χ0v) is 7.65. The third kappa shape index (κ3) is 1.54. The average molecular weight is 194 g/mol. The van der Waals surface area contributed by atoms with Crippen LogP contribution in [0, 0.1) is 0 Å². The van der Waals surface area contributed by atoms with Gasteiger partial charge in [-0.15, -0.1) is 0 Å². The quantitative estimate of drug-likeness (QED) is 0.769. The molecule has 0 spiro atoms. The van der Waals surface area contributed by atoms with Crippen molar-refractivity contribution >= 4 is 12.0 Å². The number of rotatable bonds is 3. The SMILES string of the molecule is C=Cc1c(C(=O)O)ccc(O)c1OC. The Hall–Kier alpha value is -1.97. The number of carboxylic acid groups (broad SMARTS) is 1. The largest absolute Gasteiger partial charge is 0.504 e. The fourth-order valence-electron chi connectivity index (χ4n) is 1.19. The number of phenolic OH excluding ortho intramolecular Hbond substituents is 1. The molecule has 4 nitrogen and oxygen atoms in total. The second-order valence-electron chi connectivity index (χ2n) is 2.59. The van der Waals surface area contributed by atoms with E-state index < -0.39 is 5.97 Å². The minimum atomic E-state index is -1.08. The van der Waals surface area contributed by atoms with E-state index >= 15 is 0 Å². The van der Waals surface area contributed by atoms with Gasteiger partial charge in [0.2, 0.25) is 0 Å². The van der Waals surface area contributed by atoms with Crippen molar-refractivity contribution in [3.8, 4) is 11.5 Å². The maximum atomic E-state index is 10.8. The predicted octanol–water partition coefficient (Wildman–Crippen LogP) is 1.74. The normalized spacial score (nSPS) is 9.50. The van der Waals surface area contributed by atoms with E-state index in [4.69, 9.17) is 9.84 Å². The molecule has 0 saturated heterocycles. The number of carbonyl (C=O) groups is 1. The molecule has 0 fully saturated rings. The van der Waals surface area contributed by atoms with Gasteiger partial charge in [0.05, 0.1) is 12.7 Å². The van der Waals surface area contributed by atoms with Crippen molar-refractivity contribution < 1.29 is 19.7 Å². The number of ether oxygens (including phenoxy) is 1. The number of carboxylic acids is 1. The van der Waals surface area contributed by atoms with E-state index in [2.05, 4.69) is 6.58 Å². The summed E-state index contributed by atoms with van der Waals surface area (Å²) in [7, 11) is 1.35. The monoisotopic (exact) mass is 194 g/mol. The second kappa shape index (κ2) is 3.83. The van der Waals surface area contributed by atoms with Crippen molar-refractivity contribution in [1.82, 2.24) is 0 Å². The highest BCUT2D eigenvalue weighted by molar-refractivity contribution is 5.94. The number of aromatic hydroxyl groups is 1. The second-order valence-corrected chi connectivity index (χ2v) is 2.59. The summed E-state index contributed by atoms with van der Waals surface area (Å²) in [4.78, 5) is 10.8. The molecule has 0 saturated carbocycles. The molecule has 0 unspecified atom stereocenters. The van der Waals surface area contributed by atoms with Crippen LogP contribution in [0.15, 0.2) is 18.7 Å². The number of hydrogen-bond acceptors (Lipinski definition) is 3. The van der Waals surface area contributed by atoms with Crippen LogP contribution in [0.2, 0.25) is 0 Å². The zero-order chi connectivity index (χ0) is 10.7. The van der Waals surface area contributed by atoms with Crippen LogP contribution in [0.4, 0.5) is 0 Å². The summed E-state index contributed by atoms with van der Waals surface area (Å²) >= 11 is 0. The Bertz CT molecular complexity index is 382. The molecule has 0 bridgehead atoms. The van der Waals surface area contributed by atoms with Gasteiger partial charge in [-0.1, -0.05) is 12.7 Å². The molecule has 0 aliphatic rings. The molecule has 0 heterocycles. The minimum Gasteiger partial charge on any atom is -0.504 e. The highest BCUT2D eigenvalue weighted by Crippen LogP contribution is 2.33. The Balaban J connectivity index is 3.48. The van der Waals surface area contributed by atoms with E-state index in [-0.39, 0.29) is 22.6 Å². The number of hydrogen-bond donors (Lipinski definition) is 2. The first-order valence-electron chi connectivity index (χ1n) is 3.87. The molecule has 4 heteroatoms. The van der Waals surface area contributed by atoms with Crippen LogP contribution >= 0.6 is 0 Å². The van der Waals surface area contributed by atoms with Crippen LogP contribution in [0.3, 0.4) is 0 Å². The Labute approximate surface area is 81.1 Å². The minimum absolute atomic E-state index is 0.0506. The number of aromatic carboxylic acids is 1. The topological polar surface area (TPSA) is 66.8 Å². The van der Waals surface area contributed by atoms with E-state index in [1.165, 1.54) is 25.3 Å². The van der Waals surface area contributed by atoms with Crippen molar-refractivity contribution in [3.05, 3.63) is 29.8 Å². The van der Waals surface area contributed by atoms with Gasteiger partial charge in [0, 0.05) is 5.56 Å². The molecule has 0 amide bonds. The van der Waals surface area contributed by atoms with Gasteiger partial charge in [0.1, 0.15) is 0 Å². The highest BCUT2D eigenvalue weighted by atomic mass is 16.5. The summed E-state index contributed by atoms with van der Waals surface area (Å²) in [6, 6.07) is 2.58. The number of phenols is 1. The molecule has 74 valence electrons. The molecule has 1 rings (SSSR count). The molecule has 0 aliphatic carbocycles. The van der Waals surface area contributed by atoms with Crippen molar-refractivity contribution in [1.29, 1.82) is 0 Å². The first-order valence-corrected chi connectivity index (χ1v) is 3.87. The fourth-order valence-corrected chi connectivity index (χ4v) is 1.19. The Morgan fingerprint density at radius 3 is 2.64 bits per heavy atom. The van der Waals surface area contributed by atoms with Crippen molar-refractivity contribution in [2.24, 2.45) is 0 Å². The third-order valence-corrected chi connectivity index (χ3v) is 1.81. The van der Waals surface area contributed by atoms with Gasteiger partial charge >= 0.3 is 5.97 Å². The maximum absolute atomic E-state index is 10.8. The average Bonchev–Trinajstić information content (AvgIpc) is 2.16. The molecule has 0 aliphatic heterocycles. The van der Waals surface area contributed by atoms with E-state index in [9.17, 15) is 9.90 Å². The molecule has 2 N–H and O–H groups in total. The standard InChI is InChI=1S/C10H10O4/c1-3-6-7(10(12)13)4-5-8(11)9(6)14-2/h3-5,11H,1H2,2H3,(H,12,13). The van der Waals surface area contributed by atoms with E-state index in [0.717, 1.165) is 0 Å². The van der Waals surface area contributed by atoms with Crippen LogP contribution in [-0.4, -0.2) is 23.3 Å². The van der Waals surface area contributed by atoms with E-state index in [1.807, 2.05) is 0 Å². The first-order chi connectivity index (χ1) is 6.61. The van der Waals surface area contributed by atoms with Gasteiger partial charge in [-0.3, -0.25) is 0 Å². The predicted molar refractivity (Wildman–Crippen MR) is 51.7 cm³/mol. The van der Waals surface area contributed by atoms with E-state index in [0.29, 0.717) is 0 Å². The Morgan fingerprint density at radius 1 is 1.57 bits per heavy atom. The molecular formula is C10H10O4. The third-order valence-electron chi connectivity index (χ3n) is 1.81. The molecule has 0 aromatic heterocycles. The smallest absolute Gasteiger partial charge is 0.336 e. The lowest BCUT2D eigenvalue weighted by atomic mass is 10.1. The number of methoxy groups -OCH3 is 1. The summed E-state index contributed by atoms with van der Waals surface area (Å²) in [6.45, 7) is 3.47. The fraction of sp³-hybridized carbons (Fsp3) is 0.100. The van der Waals surface area contributed by atoms with Crippen molar-refractivity contribution in [2.75, 3.05) is 7.11 Å². The maximum Gasteiger partial charge on any atom is 0.336 e. The van der Waals surface area contributed by atoms with Gasteiger partial charge in [0.15, 0.2) is 11.5 Å². The Morgan fingerprint density at radius 2 is 2.21 bits per heavy atom. The molecule has 0 atom stereocenters. The lowest BCUT2D eigenvalue weighted by Gasteiger charge is -2.09. The molecular weight excluding hydrogens is 184 g/mol.